The quantitative estimate of drug-likeness (QED) is 0.294. The van der Waals surface area contributed by atoms with Crippen LogP contribution in [-0.4, -0.2) is 29.8 Å². The van der Waals surface area contributed by atoms with Crippen molar-refractivity contribution in [2.75, 3.05) is 11.9 Å². The van der Waals surface area contributed by atoms with Crippen molar-refractivity contribution in [2.45, 2.75) is 12.6 Å². The van der Waals surface area contributed by atoms with E-state index in [0.29, 0.717) is 5.69 Å². The average molecular weight is 290 g/mol. The van der Waals surface area contributed by atoms with Crippen LogP contribution in [0.25, 0.3) is 0 Å². The molecule has 0 saturated heterocycles. The third kappa shape index (κ3) is 5.94. The van der Waals surface area contributed by atoms with Crippen LogP contribution in [0, 0.1) is 0 Å². The van der Waals surface area contributed by atoms with Gasteiger partial charge in [-0.2, -0.15) is 13.2 Å². The summed E-state index contributed by atoms with van der Waals surface area (Å²) in [6, 6.07) is 5.22. The molecular weight excluding hydrogens is 277 g/mol. The Hall–Kier alpha value is -2.45. The summed E-state index contributed by atoms with van der Waals surface area (Å²) < 4.78 is 35.6. The molecule has 1 aromatic rings. The summed E-state index contributed by atoms with van der Waals surface area (Å²) in [6.07, 6.45) is -4.24. The van der Waals surface area contributed by atoms with Crippen LogP contribution in [0.5, 0.6) is 0 Å². The molecule has 0 fully saturated rings. The molecule has 0 bridgehead atoms. The van der Waals surface area contributed by atoms with E-state index in [2.05, 4.69) is 10.5 Å². The maximum atomic E-state index is 11.9. The molecule has 1 aromatic carbocycles. The van der Waals surface area contributed by atoms with E-state index in [1.807, 2.05) is 0 Å². The maximum absolute atomic E-state index is 11.9. The van der Waals surface area contributed by atoms with Crippen LogP contribution >= 0.6 is 0 Å². The number of nitrogens with one attached hydrogen (secondary N) is 2. The normalized spacial score (nSPS) is 12.1. The number of carbonyl (C=O) groups excluding carboxylic acids is 1. The minimum atomic E-state index is -4.46. The van der Waals surface area contributed by atoms with Gasteiger partial charge in [-0.3, -0.25) is 0 Å². The zero-order chi connectivity index (χ0) is 15.2. The summed E-state index contributed by atoms with van der Waals surface area (Å²) in [6.45, 7) is -1.40. The van der Waals surface area contributed by atoms with Crippen LogP contribution in [0.4, 0.5) is 23.7 Å². The third-order valence-corrected chi connectivity index (χ3v) is 2.17. The van der Waals surface area contributed by atoms with Gasteiger partial charge in [0.1, 0.15) is 12.4 Å². The lowest BCUT2D eigenvalue weighted by Crippen LogP contribution is -2.36. The van der Waals surface area contributed by atoms with Gasteiger partial charge in [0.05, 0.1) is 0 Å². The number of rotatable bonds is 4. The largest absolute Gasteiger partial charge is 0.409 e. The molecule has 9 heteroatoms. The molecule has 0 atom stereocenters. The topological polar surface area (TPSA) is 99.7 Å². The second-order valence-electron chi connectivity index (χ2n) is 3.89. The van der Waals surface area contributed by atoms with Crippen molar-refractivity contribution in [1.29, 1.82) is 0 Å². The summed E-state index contributed by atoms with van der Waals surface area (Å²) in [4.78, 5) is 11.2. The Bertz CT molecular complexity index is 485. The molecule has 110 valence electrons. The van der Waals surface area contributed by atoms with Crippen molar-refractivity contribution in [3.05, 3.63) is 29.8 Å². The number of nitrogens with zero attached hydrogens (tertiary/aromatic N) is 1. The van der Waals surface area contributed by atoms with Gasteiger partial charge in [-0.25, -0.2) is 4.79 Å². The summed E-state index contributed by atoms with van der Waals surface area (Å²) in [5.74, 6) is 0.0219. The molecule has 0 spiro atoms. The first kappa shape index (κ1) is 15.6. The van der Waals surface area contributed by atoms with E-state index in [-0.39, 0.29) is 12.3 Å². The Morgan fingerprint density at radius 1 is 1.30 bits per heavy atom. The van der Waals surface area contributed by atoms with Gasteiger partial charge >= 0.3 is 12.2 Å². The van der Waals surface area contributed by atoms with Crippen molar-refractivity contribution < 1.29 is 23.2 Å². The highest BCUT2D eigenvalue weighted by Crippen LogP contribution is 2.13. The molecule has 0 radical (unpaired) electrons. The van der Waals surface area contributed by atoms with E-state index in [0.717, 1.165) is 5.56 Å². The van der Waals surface area contributed by atoms with E-state index in [1.54, 1.807) is 17.4 Å². The lowest BCUT2D eigenvalue weighted by Gasteiger charge is -2.10. The molecule has 0 heterocycles. The summed E-state index contributed by atoms with van der Waals surface area (Å²) >= 11 is 0. The lowest BCUT2D eigenvalue weighted by molar-refractivity contribution is -0.122. The molecule has 0 aromatic heterocycles. The smallest absolute Gasteiger partial charge is 0.405 e. The number of oxime groups is 1. The Kier molecular flexibility index (Phi) is 5.18. The second-order valence-corrected chi connectivity index (χ2v) is 3.89. The highest BCUT2D eigenvalue weighted by atomic mass is 19.4. The highest BCUT2D eigenvalue weighted by Gasteiger charge is 2.27. The van der Waals surface area contributed by atoms with Gasteiger partial charge in [0.2, 0.25) is 0 Å². The van der Waals surface area contributed by atoms with Crippen LogP contribution in [-0.2, 0) is 6.42 Å². The molecule has 2 amide bonds. The zero-order valence-corrected chi connectivity index (χ0v) is 10.2. The fourth-order valence-electron chi connectivity index (χ4n) is 1.31. The van der Waals surface area contributed by atoms with Gasteiger partial charge < -0.3 is 21.6 Å². The first-order valence-electron chi connectivity index (χ1n) is 5.47. The Morgan fingerprint density at radius 3 is 2.40 bits per heavy atom. The van der Waals surface area contributed by atoms with Crippen molar-refractivity contribution >= 4 is 17.6 Å². The maximum Gasteiger partial charge on any atom is 0.405 e. The predicted octanol–water partition coefficient (Wildman–Crippen LogP) is 1.66. The minimum absolute atomic E-state index is 0.0219. The predicted molar refractivity (Wildman–Crippen MR) is 66.6 cm³/mol. The minimum Gasteiger partial charge on any atom is -0.409 e. The number of urea groups is 1. The van der Waals surface area contributed by atoms with Crippen molar-refractivity contribution in [1.82, 2.24) is 5.32 Å². The molecular formula is C11H13F3N4O2. The van der Waals surface area contributed by atoms with E-state index in [4.69, 9.17) is 10.9 Å². The number of nitrogens with two attached hydrogens (primary N) is 1. The number of anilines is 1. The van der Waals surface area contributed by atoms with Crippen LogP contribution in [0.15, 0.2) is 29.4 Å². The van der Waals surface area contributed by atoms with Gasteiger partial charge in [-0.05, 0) is 17.7 Å². The van der Waals surface area contributed by atoms with Crippen LogP contribution in [0.3, 0.4) is 0 Å². The van der Waals surface area contributed by atoms with Gasteiger partial charge in [-0.1, -0.05) is 17.3 Å². The highest BCUT2D eigenvalue weighted by molar-refractivity contribution is 5.89. The van der Waals surface area contributed by atoms with E-state index < -0.39 is 18.8 Å². The molecule has 5 N–H and O–H groups in total. The standard InChI is InChI=1S/C11H13F3N4O2/c12-11(13,14)6-16-10(19)17-8-3-1-7(2-4-8)5-9(15)18-20/h1-4,20H,5-6H2,(H2,15,18)(H2,16,17,19). The average Bonchev–Trinajstić information content (AvgIpc) is 2.38. The number of alkyl halides is 3. The fraction of sp³-hybridized carbons (Fsp3) is 0.273. The van der Waals surface area contributed by atoms with Gasteiger partial charge in [-0.15, -0.1) is 0 Å². The summed E-state index contributed by atoms with van der Waals surface area (Å²) in [5, 5.41) is 15.1. The summed E-state index contributed by atoms with van der Waals surface area (Å²) in [5.41, 5.74) is 6.37. The molecule has 0 aliphatic rings. The van der Waals surface area contributed by atoms with Gasteiger partial charge in [0, 0.05) is 12.1 Å². The Morgan fingerprint density at radius 2 is 1.90 bits per heavy atom. The SMILES string of the molecule is N/C(Cc1ccc(NC(=O)NCC(F)(F)F)cc1)=N/O. The van der Waals surface area contributed by atoms with Crippen molar-refractivity contribution in [3.8, 4) is 0 Å². The number of halogens is 3. The second kappa shape index (κ2) is 6.64. The molecule has 0 unspecified atom stereocenters. The number of carbonyl (C=O) groups is 1. The van der Waals surface area contributed by atoms with Crippen molar-refractivity contribution in [2.24, 2.45) is 10.9 Å². The van der Waals surface area contributed by atoms with Crippen LogP contribution in [0.1, 0.15) is 5.56 Å². The number of benzene rings is 1. The molecule has 0 saturated carbocycles. The van der Waals surface area contributed by atoms with E-state index >= 15 is 0 Å². The first-order valence-corrected chi connectivity index (χ1v) is 5.47. The molecule has 0 aliphatic heterocycles. The van der Waals surface area contributed by atoms with E-state index in [1.165, 1.54) is 12.1 Å². The monoisotopic (exact) mass is 290 g/mol. The number of amides is 2. The Labute approximate surface area is 112 Å². The Balaban J connectivity index is 2.51. The third-order valence-electron chi connectivity index (χ3n) is 2.17. The molecule has 1 rings (SSSR count). The first-order chi connectivity index (χ1) is 9.30. The summed E-state index contributed by atoms with van der Waals surface area (Å²) in [7, 11) is 0. The molecule has 6 nitrogen and oxygen atoms in total. The zero-order valence-electron chi connectivity index (χ0n) is 10.2. The van der Waals surface area contributed by atoms with Crippen molar-refractivity contribution in [3.63, 3.8) is 0 Å². The fourth-order valence-corrected chi connectivity index (χ4v) is 1.31. The number of hydrogen-bond acceptors (Lipinski definition) is 3. The van der Waals surface area contributed by atoms with Crippen LogP contribution in [0.2, 0.25) is 0 Å². The van der Waals surface area contributed by atoms with Crippen LogP contribution < -0.4 is 16.4 Å². The van der Waals surface area contributed by atoms with E-state index in [9.17, 15) is 18.0 Å². The lowest BCUT2D eigenvalue weighted by atomic mass is 10.1. The number of hydrogen-bond donors (Lipinski definition) is 4. The molecule has 20 heavy (non-hydrogen) atoms. The van der Waals surface area contributed by atoms with Gasteiger partial charge in [0.25, 0.3) is 0 Å². The number of amidine groups is 1. The molecule has 0 aliphatic carbocycles. The van der Waals surface area contributed by atoms with Gasteiger partial charge in [0.15, 0.2) is 0 Å².